The first kappa shape index (κ1) is 17.7. The maximum atomic E-state index is 12.2. The zero-order valence-electron chi connectivity index (χ0n) is 13.5. The molecular formula is C17H17N2O4S-. The fraction of sp³-hybridized carbons (Fsp3) is 0.176. The third-order valence-electron chi connectivity index (χ3n) is 3.43. The Balaban J connectivity index is 2.18. The van der Waals surface area contributed by atoms with Crippen molar-refractivity contribution in [1.29, 1.82) is 0 Å². The van der Waals surface area contributed by atoms with Crippen LogP contribution in [0.3, 0.4) is 0 Å². The van der Waals surface area contributed by atoms with E-state index in [9.17, 15) is 18.3 Å². The highest BCUT2D eigenvalue weighted by molar-refractivity contribution is 7.90. The summed E-state index contributed by atoms with van der Waals surface area (Å²) in [5.41, 5.74) is 3.06. The molecule has 0 aromatic heterocycles. The molecule has 0 aliphatic heterocycles. The second-order valence-electron chi connectivity index (χ2n) is 5.36. The van der Waals surface area contributed by atoms with Gasteiger partial charge in [0.05, 0.1) is 4.90 Å². The summed E-state index contributed by atoms with van der Waals surface area (Å²) in [6.45, 7) is 4.95. The van der Waals surface area contributed by atoms with E-state index in [1.165, 1.54) is 24.3 Å². The van der Waals surface area contributed by atoms with E-state index in [1.807, 2.05) is 19.9 Å². The Labute approximate surface area is 140 Å². The van der Waals surface area contributed by atoms with Crippen LogP contribution in [0.4, 0.5) is 5.69 Å². The second-order valence-corrected chi connectivity index (χ2v) is 6.97. The molecule has 2 aromatic carbocycles. The molecule has 0 aliphatic carbocycles. The normalized spacial score (nSPS) is 12.0. The van der Waals surface area contributed by atoms with Gasteiger partial charge in [0, 0.05) is 11.3 Å². The molecule has 0 aliphatic rings. The number of nitrogens with one attached hydrogen (secondary N) is 1. The molecule has 1 amide bonds. The SMILES string of the molecule is CC([O-])=NS(=O)(=O)c1ccc(NC(=O)c2ccc(C)c(C)c2)cc1. The van der Waals surface area contributed by atoms with Gasteiger partial charge in [-0.15, -0.1) is 0 Å². The molecule has 6 nitrogen and oxygen atoms in total. The maximum absolute atomic E-state index is 12.2. The third kappa shape index (κ3) is 4.20. The van der Waals surface area contributed by atoms with Crippen LogP contribution in [0.2, 0.25) is 0 Å². The summed E-state index contributed by atoms with van der Waals surface area (Å²) in [6.07, 6.45) is 0. The molecule has 0 radical (unpaired) electrons. The minimum atomic E-state index is -4.00. The Morgan fingerprint density at radius 2 is 1.67 bits per heavy atom. The Morgan fingerprint density at radius 3 is 2.21 bits per heavy atom. The molecule has 2 rings (SSSR count). The van der Waals surface area contributed by atoms with E-state index in [4.69, 9.17) is 0 Å². The number of aryl methyl sites for hydroxylation is 2. The lowest BCUT2D eigenvalue weighted by Crippen LogP contribution is -2.15. The van der Waals surface area contributed by atoms with Crippen molar-refractivity contribution in [3.63, 3.8) is 0 Å². The number of sulfonamides is 1. The van der Waals surface area contributed by atoms with Gasteiger partial charge in [0.2, 0.25) is 0 Å². The fourth-order valence-electron chi connectivity index (χ4n) is 2.02. The molecule has 0 saturated carbocycles. The lowest BCUT2D eigenvalue weighted by molar-refractivity contribution is -0.215. The largest absolute Gasteiger partial charge is 0.861 e. The van der Waals surface area contributed by atoms with Crippen LogP contribution in [0, 0.1) is 13.8 Å². The van der Waals surface area contributed by atoms with Crippen molar-refractivity contribution in [2.45, 2.75) is 25.7 Å². The van der Waals surface area contributed by atoms with Crippen LogP contribution in [0.5, 0.6) is 0 Å². The lowest BCUT2D eigenvalue weighted by Gasteiger charge is -2.08. The summed E-state index contributed by atoms with van der Waals surface area (Å²) in [5, 5.41) is 13.5. The monoisotopic (exact) mass is 345 g/mol. The zero-order chi connectivity index (χ0) is 17.9. The quantitative estimate of drug-likeness (QED) is 0.677. The molecular weight excluding hydrogens is 328 g/mol. The van der Waals surface area contributed by atoms with Crippen LogP contribution in [-0.2, 0) is 10.0 Å². The minimum Gasteiger partial charge on any atom is -0.861 e. The van der Waals surface area contributed by atoms with Crippen molar-refractivity contribution in [2.75, 3.05) is 5.32 Å². The number of benzene rings is 2. The molecule has 0 saturated heterocycles. The molecule has 0 bridgehead atoms. The van der Waals surface area contributed by atoms with Crippen LogP contribution in [0.25, 0.3) is 0 Å². The molecule has 0 fully saturated rings. The van der Waals surface area contributed by atoms with Crippen molar-refractivity contribution >= 4 is 27.5 Å². The molecule has 126 valence electrons. The van der Waals surface area contributed by atoms with Crippen LogP contribution in [-0.4, -0.2) is 20.2 Å². The van der Waals surface area contributed by atoms with Crippen LogP contribution in [0.15, 0.2) is 51.8 Å². The highest BCUT2D eigenvalue weighted by Gasteiger charge is 2.12. The number of nitrogens with zero attached hydrogens (tertiary/aromatic N) is 1. The van der Waals surface area contributed by atoms with E-state index < -0.39 is 15.9 Å². The Hall–Kier alpha value is -2.67. The molecule has 0 atom stereocenters. The van der Waals surface area contributed by atoms with Crippen LogP contribution < -0.4 is 10.4 Å². The van der Waals surface area contributed by atoms with Gasteiger partial charge in [-0.3, -0.25) is 4.79 Å². The Bertz CT molecular complexity index is 897. The van der Waals surface area contributed by atoms with Gasteiger partial charge < -0.3 is 10.4 Å². The van der Waals surface area contributed by atoms with Crippen molar-refractivity contribution in [3.8, 4) is 0 Å². The number of anilines is 1. The molecule has 0 spiro atoms. The zero-order valence-corrected chi connectivity index (χ0v) is 14.3. The van der Waals surface area contributed by atoms with E-state index in [-0.39, 0.29) is 10.8 Å². The topological polar surface area (TPSA) is 98.7 Å². The standard InChI is InChI=1S/C17H18N2O4S/c1-11-4-5-14(10-12(11)2)17(21)18-15-6-8-16(9-7-15)24(22,23)19-13(3)20/h4-10H,1-3H3,(H,18,21)(H,19,20)/p-1. The first-order valence-corrected chi connectivity index (χ1v) is 8.60. The molecule has 24 heavy (non-hydrogen) atoms. The maximum Gasteiger partial charge on any atom is 0.281 e. The predicted octanol–water partition coefficient (Wildman–Crippen LogP) is 2.02. The molecule has 0 heterocycles. The number of carbonyl (C=O) groups excluding carboxylic acids is 1. The van der Waals surface area contributed by atoms with Crippen molar-refractivity contribution < 1.29 is 18.3 Å². The van der Waals surface area contributed by atoms with E-state index in [1.54, 1.807) is 12.1 Å². The Morgan fingerprint density at radius 1 is 1.04 bits per heavy atom. The highest BCUT2D eigenvalue weighted by atomic mass is 32.2. The average Bonchev–Trinajstić information content (AvgIpc) is 2.49. The average molecular weight is 345 g/mol. The van der Waals surface area contributed by atoms with E-state index in [0.29, 0.717) is 11.3 Å². The van der Waals surface area contributed by atoms with E-state index in [2.05, 4.69) is 9.71 Å². The molecule has 0 unspecified atom stereocenters. The van der Waals surface area contributed by atoms with Gasteiger partial charge in [-0.1, -0.05) is 6.07 Å². The number of hydrogen-bond acceptors (Lipinski definition) is 4. The molecule has 1 N–H and O–H groups in total. The lowest BCUT2D eigenvalue weighted by atomic mass is 10.1. The van der Waals surface area contributed by atoms with Gasteiger partial charge in [-0.05, 0) is 74.2 Å². The van der Waals surface area contributed by atoms with Gasteiger partial charge in [0.25, 0.3) is 15.9 Å². The molecule has 2 aromatic rings. The summed E-state index contributed by atoms with van der Waals surface area (Å²) in [6, 6.07) is 10.8. The van der Waals surface area contributed by atoms with Gasteiger partial charge in [0.15, 0.2) is 0 Å². The molecule has 7 heteroatoms. The van der Waals surface area contributed by atoms with Gasteiger partial charge in [-0.2, -0.15) is 12.8 Å². The first-order valence-electron chi connectivity index (χ1n) is 7.16. The van der Waals surface area contributed by atoms with Crippen molar-refractivity contribution in [1.82, 2.24) is 0 Å². The minimum absolute atomic E-state index is 0.109. The number of amides is 1. The van der Waals surface area contributed by atoms with Gasteiger partial charge >= 0.3 is 0 Å². The summed E-state index contributed by atoms with van der Waals surface area (Å²) < 4.78 is 26.7. The summed E-state index contributed by atoms with van der Waals surface area (Å²) >= 11 is 0. The van der Waals surface area contributed by atoms with Crippen molar-refractivity contribution in [3.05, 3.63) is 59.2 Å². The summed E-state index contributed by atoms with van der Waals surface area (Å²) in [7, 11) is -4.00. The van der Waals surface area contributed by atoms with E-state index >= 15 is 0 Å². The van der Waals surface area contributed by atoms with E-state index in [0.717, 1.165) is 18.1 Å². The van der Waals surface area contributed by atoms with Gasteiger partial charge in [-0.25, -0.2) is 0 Å². The third-order valence-corrected chi connectivity index (χ3v) is 4.79. The van der Waals surface area contributed by atoms with Crippen molar-refractivity contribution in [2.24, 2.45) is 4.40 Å². The number of hydrogen-bond donors (Lipinski definition) is 1. The van der Waals surface area contributed by atoms with Crippen LogP contribution >= 0.6 is 0 Å². The predicted molar refractivity (Wildman–Crippen MR) is 90.6 cm³/mol. The Kier molecular flexibility index (Phi) is 5.04. The second kappa shape index (κ2) is 6.84. The van der Waals surface area contributed by atoms with Gasteiger partial charge in [0.1, 0.15) is 0 Å². The summed E-state index contributed by atoms with van der Waals surface area (Å²) in [4.78, 5) is 12.1. The first-order chi connectivity index (χ1) is 11.2. The fourth-order valence-corrected chi connectivity index (χ4v) is 2.94. The smallest absolute Gasteiger partial charge is 0.281 e. The number of carbonyl (C=O) groups is 1. The van der Waals surface area contributed by atoms with Crippen LogP contribution in [0.1, 0.15) is 28.4 Å². The summed E-state index contributed by atoms with van der Waals surface area (Å²) in [5.74, 6) is -1.08. The number of rotatable bonds is 4. The highest BCUT2D eigenvalue weighted by Crippen LogP contribution is 2.17.